The Labute approximate surface area is 150 Å². The van der Waals surface area contributed by atoms with Crippen molar-refractivity contribution in [1.29, 1.82) is 0 Å². The highest BCUT2D eigenvalue weighted by molar-refractivity contribution is 14.1. The number of halogens is 2. The Kier molecular flexibility index (Phi) is 4.54. The Balaban J connectivity index is 1.82. The molecule has 2 aromatic carbocycles. The third kappa shape index (κ3) is 3.20. The van der Waals surface area contributed by atoms with Crippen LogP contribution in [0.5, 0.6) is 0 Å². The molecule has 0 radical (unpaired) electrons. The van der Waals surface area contributed by atoms with Crippen LogP contribution < -0.4 is 5.32 Å². The molecule has 1 aromatic heterocycles. The molecule has 1 heterocycles. The van der Waals surface area contributed by atoms with Crippen molar-refractivity contribution >= 4 is 55.4 Å². The standard InChI is InChI=1S/C17H13BrINO2/c1-10(16-8-11-4-2-3-5-15(11)22-16)20-17(21)13-9-12(18)6-7-14(13)19/h2-10H,1H3,(H,20,21). The van der Waals surface area contributed by atoms with Gasteiger partial charge in [0.05, 0.1) is 11.6 Å². The molecule has 22 heavy (non-hydrogen) atoms. The normalized spacial score (nSPS) is 12.3. The number of para-hydroxylation sites is 1. The maximum absolute atomic E-state index is 12.4. The van der Waals surface area contributed by atoms with Crippen LogP contribution in [-0.2, 0) is 0 Å². The molecule has 0 aliphatic heterocycles. The third-order valence-electron chi connectivity index (χ3n) is 3.39. The maximum atomic E-state index is 12.4. The SMILES string of the molecule is CC(NC(=O)c1cc(Br)ccc1I)c1cc2ccccc2o1. The number of fused-ring (bicyclic) bond motifs is 1. The molecule has 1 atom stereocenters. The molecule has 0 fully saturated rings. The average Bonchev–Trinajstić information content (AvgIpc) is 2.93. The van der Waals surface area contributed by atoms with Gasteiger partial charge in [0.2, 0.25) is 0 Å². The number of hydrogen-bond acceptors (Lipinski definition) is 2. The fraction of sp³-hybridized carbons (Fsp3) is 0.118. The summed E-state index contributed by atoms with van der Waals surface area (Å²) < 4.78 is 7.59. The molecular formula is C17H13BrINO2. The van der Waals surface area contributed by atoms with Crippen LogP contribution in [0.25, 0.3) is 11.0 Å². The summed E-state index contributed by atoms with van der Waals surface area (Å²) in [4.78, 5) is 12.4. The molecule has 1 N–H and O–H groups in total. The quantitative estimate of drug-likeness (QED) is 0.529. The van der Waals surface area contributed by atoms with E-state index in [1.807, 2.05) is 55.5 Å². The van der Waals surface area contributed by atoms with Gasteiger partial charge in [0.25, 0.3) is 5.91 Å². The highest BCUT2D eigenvalue weighted by Gasteiger charge is 2.17. The molecule has 3 rings (SSSR count). The van der Waals surface area contributed by atoms with E-state index in [2.05, 4.69) is 43.8 Å². The number of furan rings is 1. The van der Waals surface area contributed by atoms with Gasteiger partial charge in [-0.15, -0.1) is 0 Å². The lowest BCUT2D eigenvalue weighted by atomic mass is 10.1. The smallest absolute Gasteiger partial charge is 0.252 e. The zero-order chi connectivity index (χ0) is 15.7. The van der Waals surface area contributed by atoms with E-state index in [1.54, 1.807) is 0 Å². The van der Waals surface area contributed by atoms with Crippen molar-refractivity contribution in [2.75, 3.05) is 0 Å². The zero-order valence-electron chi connectivity index (χ0n) is 11.8. The van der Waals surface area contributed by atoms with E-state index in [-0.39, 0.29) is 11.9 Å². The predicted octanol–water partition coefficient (Wildman–Crippen LogP) is 5.29. The van der Waals surface area contributed by atoms with Gasteiger partial charge in [0.1, 0.15) is 11.3 Å². The van der Waals surface area contributed by atoms with Gasteiger partial charge in [-0.1, -0.05) is 34.1 Å². The average molecular weight is 470 g/mol. The number of hydrogen-bond donors (Lipinski definition) is 1. The van der Waals surface area contributed by atoms with Crippen LogP contribution in [0.1, 0.15) is 29.1 Å². The van der Waals surface area contributed by atoms with Crippen LogP contribution in [-0.4, -0.2) is 5.91 Å². The number of rotatable bonds is 3. The summed E-state index contributed by atoms with van der Waals surface area (Å²) in [6.45, 7) is 1.92. The second-order valence-electron chi connectivity index (χ2n) is 5.01. The van der Waals surface area contributed by atoms with Crippen LogP contribution >= 0.6 is 38.5 Å². The lowest BCUT2D eigenvalue weighted by Gasteiger charge is -2.12. The fourth-order valence-corrected chi connectivity index (χ4v) is 3.17. The van der Waals surface area contributed by atoms with E-state index in [4.69, 9.17) is 4.42 Å². The molecule has 1 amide bonds. The largest absolute Gasteiger partial charge is 0.459 e. The highest BCUT2D eigenvalue weighted by Crippen LogP contribution is 2.24. The minimum Gasteiger partial charge on any atom is -0.459 e. The minimum atomic E-state index is -0.199. The van der Waals surface area contributed by atoms with Crippen LogP contribution in [0.4, 0.5) is 0 Å². The Bertz CT molecular complexity index is 811. The molecule has 0 spiro atoms. The van der Waals surface area contributed by atoms with Crippen LogP contribution in [0.15, 0.2) is 57.4 Å². The topological polar surface area (TPSA) is 42.2 Å². The van der Waals surface area contributed by atoms with E-state index in [9.17, 15) is 4.79 Å². The number of benzene rings is 2. The summed E-state index contributed by atoms with van der Waals surface area (Å²) in [5.41, 5.74) is 1.48. The molecule has 0 saturated carbocycles. The fourth-order valence-electron chi connectivity index (χ4n) is 2.23. The second-order valence-corrected chi connectivity index (χ2v) is 7.08. The Morgan fingerprint density at radius 3 is 2.77 bits per heavy atom. The van der Waals surface area contributed by atoms with Crippen LogP contribution in [0, 0.1) is 3.57 Å². The van der Waals surface area contributed by atoms with Gasteiger partial charge in [-0.05, 0) is 59.8 Å². The number of carbonyl (C=O) groups is 1. The summed E-state index contributed by atoms with van der Waals surface area (Å²) in [7, 11) is 0. The first-order chi connectivity index (χ1) is 10.5. The number of carbonyl (C=O) groups excluding carboxylic acids is 1. The predicted molar refractivity (Wildman–Crippen MR) is 99.0 cm³/mol. The molecule has 3 nitrogen and oxygen atoms in total. The summed E-state index contributed by atoms with van der Waals surface area (Å²) in [5.74, 6) is 0.637. The molecule has 0 aliphatic rings. The van der Waals surface area contributed by atoms with Crippen molar-refractivity contribution in [3.05, 3.63) is 67.9 Å². The van der Waals surface area contributed by atoms with E-state index in [0.29, 0.717) is 5.56 Å². The van der Waals surface area contributed by atoms with Gasteiger partial charge in [-0.3, -0.25) is 4.79 Å². The van der Waals surface area contributed by atoms with Gasteiger partial charge in [-0.25, -0.2) is 0 Å². The van der Waals surface area contributed by atoms with Gasteiger partial charge < -0.3 is 9.73 Å². The van der Waals surface area contributed by atoms with Gasteiger partial charge in [-0.2, -0.15) is 0 Å². The first-order valence-corrected chi connectivity index (χ1v) is 8.66. The lowest BCUT2D eigenvalue weighted by Crippen LogP contribution is -2.27. The van der Waals surface area contributed by atoms with Crippen molar-refractivity contribution in [3.63, 3.8) is 0 Å². The van der Waals surface area contributed by atoms with E-state index < -0.39 is 0 Å². The van der Waals surface area contributed by atoms with E-state index >= 15 is 0 Å². The van der Waals surface area contributed by atoms with Crippen LogP contribution in [0.2, 0.25) is 0 Å². The summed E-state index contributed by atoms with van der Waals surface area (Å²) >= 11 is 5.56. The summed E-state index contributed by atoms with van der Waals surface area (Å²) in [6, 6.07) is 15.2. The molecule has 1 unspecified atom stereocenters. The number of amides is 1. The van der Waals surface area contributed by atoms with Gasteiger partial charge in [0, 0.05) is 13.4 Å². The summed E-state index contributed by atoms with van der Waals surface area (Å²) in [6.07, 6.45) is 0. The first-order valence-electron chi connectivity index (χ1n) is 6.79. The number of nitrogens with one attached hydrogen (secondary N) is 1. The lowest BCUT2D eigenvalue weighted by molar-refractivity contribution is 0.0934. The maximum Gasteiger partial charge on any atom is 0.252 e. The van der Waals surface area contributed by atoms with Crippen molar-refractivity contribution in [2.24, 2.45) is 0 Å². The monoisotopic (exact) mass is 469 g/mol. The third-order valence-corrected chi connectivity index (χ3v) is 4.83. The Morgan fingerprint density at radius 1 is 1.23 bits per heavy atom. The molecule has 112 valence electrons. The van der Waals surface area contributed by atoms with Gasteiger partial charge in [0.15, 0.2) is 0 Å². The van der Waals surface area contributed by atoms with Crippen molar-refractivity contribution in [3.8, 4) is 0 Å². The molecule has 5 heteroatoms. The molecule has 0 aliphatic carbocycles. The highest BCUT2D eigenvalue weighted by atomic mass is 127. The van der Waals surface area contributed by atoms with Crippen molar-refractivity contribution < 1.29 is 9.21 Å². The van der Waals surface area contributed by atoms with Crippen LogP contribution in [0.3, 0.4) is 0 Å². The molecular weight excluding hydrogens is 457 g/mol. The molecule has 0 bridgehead atoms. The molecule has 3 aromatic rings. The first kappa shape index (κ1) is 15.6. The van der Waals surface area contributed by atoms with Crippen molar-refractivity contribution in [1.82, 2.24) is 5.32 Å². The zero-order valence-corrected chi connectivity index (χ0v) is 15.5. The van der Waals surface area contributed by atoms with Gasteiger partial charge >= 0.3 is 0 Å². The minimum absolute atomic E-state index is 0.112. The van der Waals surface area contributed by atoms with Crippen molar-refractivity contribution in [2.45, 2.75) is 13.0 Å². The molecule has 0 saturated heterocycles. The Hall–Kier alpha value is -1.34. The second kappa shape index (κ2) is 6.42. The summed E-state index contributed by atoms with van der Waals surface area (Å²) in [5, 5.41) is 4.02. The van der Waals surface area contributed by atoms with E-state index in [1.165, 1.54) is 0 Å². The van der Waals surface area contributed by atoms with E-state index in [0.717, 1.165) is 24.8 Å². The Morgan fingerprint density at radius 2 is 2.00 bits per heavy atom.